The second-order valence-corrected chi connectivity index (χ2v) is 12.3. The van der Waals surface area contributed by atoms with E-state index >= 15 is 0 Å². The van der Waals surface area contributed by atoms with E-state index in [0.717, 1.165) is 47.2 Å². The van der Waals surface area contributed by atoms with Gasteiger partial charge in [-0.25, -0.2) is 24.1 Å². The number of nitrogens with one attached hydrogen (secondary N) is 2. The zero-order valence-corrected chi connectivity index (χ0v) is 22.8. The number of ether oxygens (including phenoxy) is 1. The van der Waals surface area contributed by atoms with E-state index in [1.807, 2.05) is 43.0 Å². The highest BCUT2D eigenvalue weighted by Crippen LogP contribution is 2.60. The number of carbonyl (C=O) groups is 1. The molecule has 3 aromatic rings. The Hall–Kier alpha value is -2.76. The molecule has 5 rings (SSSR count). The zero-order chi connectivity index (χ0) is 26.0. The predicted molar refractivity (Wildman–Crippen MR) is 146 cm³/mol. The van der Waals surface area contributed by atoms with Gasteiger partial charge < -0.3 is 20.3 Å². The van der Waals surface area contributed by atoms with Crippen molar-refractivity contribution in [1.82, 2.24) is 20.3 Å². The molecule has 1 atom stereocenters. The van der Waals surface area contributed by atoms with Crippen LogP contribution in [0.15, 0.2) is 34.5 Å². The average molecular weight is 543 g/mol. The fraction of sp³-hybridized carbons (Fsp3) is 0.462. The highest BCUT2D eigenvalue weighted by Gasteiger charge is 2.48. The van der Waals surface area contributed by atoms with Gasteiger partial charge in [0, 0.05) is 30.4 Å². The van der Waals surface area contributed by atoms with Crippen LogP contribution in [0.5, 0.6) is 0 Å². The number of halogens is 1. The average Bonchev–Trinajstić information content (AvgIpc) is 3.61. The van der Waals surface area contributed by atoms with Gasteiger partial charge in [0.2, 0.25) is 0 Å². The van der Waals surface area contributed by atoms with E-state index in [4.69, 9.17) is 14.7 Å². The molecular weight excluding hydrogens is 511 g/mol. The van der Waals surface area contributed by atoms with Gasteiger partial charge >= 0.3 is 6.03 Å². The standard InChI is InChI=1S/C26H31FN6O2S2/c1-16-15-35-13-12-33(16)22-14-21(26(8-9-26)37-24-17(2)29-18(3)36-24)31-23(32-22)19-4-6-20(7-5-19)30-25(34)28-11-10-27/h4-7,14,16H,8-13,15H2,1-3H3,(H2,28,30,34)/t16-/m0/s1. The number of morpholine rings is 1. The molecule has 0 radical (unpaired) electrons. The molecule has 196 valence electrons. The summed E-state index contributed by atoms with van der Waals surface area (Å²) in [4.78, 5) is 28.8. The van der Waals surface area contributed by atoms with E-state index < -0.39 is 12.7 Å². The summed E-state index contributed by atoms with van der Waals surface area (Å²) in [5.74, 6) is 1.57. The molecule has 0 bridgehead atoms. The van der Waals surface area contributed by atoms with Crippen LogP contribution in [0.2, 0.25) is 0 Å². The minimum atomic E-state index is -0.605. The SMILES string of the molecule is Cc1nc(C)c(SC2(c3cc(N4CCOC[C@@H]4C)nc(-c4ccc(NC(=O)NCCF)cc4)n3)CC2)s1. The summed E-state index contributed by atoms with van der Waals surface area (Å²) in [5.41, 5.74) is 3.59. The smallest absolute Gasteiger partial charge is 0.319 e. The molecule has 2 N–H and O–H groups in total. The lowest BCUT2D eigenvalue weighted by atomic mass is 10.1. The Morgan fingerprint density at radius 2 is 2.03 bits per heavy atom. The summed E-state index contributed by atoms with van der Waals surface area (Å²) in [6.45, 7) is 7.76. The molecule has 1 saturated carbocycles. The largest absolute Gasteiger partial charge is 0.377 e. The van der Waals surface area contributed by atoms with Gasteiger partial charge in [-0.05, 0) is 57.9 Å². The summed E-state index contributed by atoms with van der Waals surface area (Å²) in [6, 6.07) is 9.35. The Kier molecular flexibility index (Phi) is 7.64. The fourth-order valence-electron chi connectivity index (χ4n) is 4.36. The number of nitrogens with zero attached hydrogens (tertiary/aromatic N) is 4. The molecule has 1 saturated heterocycles. The summed E-state index contributed by atoms with van der Waals surface area (Å²) in [6.07, 6.45) is 2.11. The number of hydrogen-bond donors (Lipinski definition) is 2. The third-order valence-corrected chi connectivity index (χ3v) is 9.33. The van der Waals surface area contributed by atoms with Crippen LogP contribution in [0.3, 0.4) is 0 Å². The minimum absolute atomic E-state index is 0.0202. The van der Waals surface area contributed by atoms with Crippen molar-refractivity contribution in [3.8, 4) is 11.4 Å². The van der Waals surface area contributed by atoms with Gasteiger partial charge in [0.15, 0.2) is 5.82 Å². The highest BCUT2D eigenvalue weighted by molar-refractivity contribution is 8.02. The van der Waals surface area contributed by atoms with Crippen LogP contribution in [-0.4, -0.2) is 60.0 Å². The molecule has 0 unspecified atom stereocenters. The number of urea groups is 1. The van der Waals surface area contributed by atoms with Crippen LogP contribution in [0.4, 0.5) is 20.7 Å². The number of carbonyl (C=O) groups excluding carboxylic acids is 1. The molecule has 1 aliphatic carbocycles. The Labute approximate surface area is 224 Å². The van der Waals surface area contributed by atoms with Gasteiger partial charge in [-0.2, -0.15) is 0 Å². The maximum Gasteiger partial charge on any atom is 0.319 e. The maximum atomic E-state index is 12.3. The van der Waals surface area contributed by atoms with Crippen molar-refractivity contribution in [3.05, 3.63) is 46.7 Å². The molecule has 1 aromatic carbocycles. The van der Waals surface area contributed by atoms with Crippen molar-refractivity contribution >= 4 is 40.6 Å². The molecule has 2 aromatic heterocycles. The lowest BCUT2D eigenvalue weighted by Gasteiger charge is -2.34. The van der Waals surface area contributed by atoms with E-state index in [-0.39, 0.29) is 17.3 Å². The summed E-state index contributed by atoms with van der Waals surface area (Å²) in [7, 11) is 0. The van der Waals surface area contributed by atoms with Crippen molar-refractivity contribution in [3.63, 3.8) is 0 Å². The van der Waals surface area contributed by atoms with Gasteiger partial charge in [0.05, 0.1) is 44.6 Å². The van der Waals surface area contributed by atoms with E-state index in [2.05, 4.69) is 40.4 Å². The first-order chi connectivity index (χ1) is 17.9. The first kappa shape index (κ1) is 25.9. The molecule has 2 aliphatic rings. The van der Waals surface area contributed by atoms with Crippen LogP contribution < -0.4 is 15.5 Å². The van der Waals surface area contributed by atoms with Gasteiger partial charge in [-0.15, -0.1) is 23.1 Å². The lowest BCUT2D eigenvalue weighted by molar-refractivity contribution is 0.0985. The van der Waals surface area contributed by atoms with Crippen LogP contribution in [-0.2, 0) is 9.48 Å². The van der Waals surface area contributed by atoms with Crippen molar-refractivity contribution in [2.75, 3.05) is 43.2 Å². The highest BCUT2D eigenvalue weighted by atomic mass is 32.2. The number of alkyl halides is 1. The molecular formula is C26H31FN6O2S2. The van der Waals surface area contributed by atoms with E-state index in [1.165, 1.54) is 4.21 Å². The van der Waals surface area contributed by atoms with Crippen LogP contribution >= 0.6 is 23.1 Å². The van der Waals surface area contributed by atoms with Crippen LogP contribution in [0.25, 0.3) is 11.4 Å². The predicted octanol–water partition coefficient (Wildman–Crippen LogP) is 5.31. The molecule has 8 nitrogen and oxygen atoms in total. The van der Waals surface area contributed by atoms with Gasteiger partial charge in [-0.3, -0.25) is 0 Å². The first-order valence-corrected chi connectivity index (χ1v) is 14.1. The molecule has 2 amide bonds. The number of amides is 2. The number of hydrogen-bond acceptors (Lipinski definition) is 8. The topological polar surface area (TPSA) is 92.3 Å². The molecule has 37 heavy (non-hydrogen) atoms. The number of thioether (sulfide) groups is 1. The normalized spacial score (nSPS) is 18.5. The third-order valence-electron chi connectivity index (χ3n) is 6.48. The second-order valence-electron chi connectivity index (χ2n) is 9.40. The van der Waals surface area contributed by atoms with Crippen LogP contribution in [0.1, 0.15) is 36.2 Å². The monoisotopic (exact) mass is 542 g/mol. The Balaban J connectivity index is 1.47. The van der Waals surface area contributed by atoms with Gasteiger partial charge in [-0.1, -0.05) is 0 Å². The third kappa shape index (κ3) is 5.89. The second kappa shape index (κ2) is 10.9. The number of benzene rings is 1. The summed E-state index contributed by atoms with van der Waals surface area (Å²) < 4.78 is 19.2. The van der Waals surface area contributed by atoms with E-state index in [1.54, 1.807) is 11.3 Å². The van der Waals surface area contributed by atoms with Crippen molar-refractivity contribution in [2.24, 2.45) is 0 Å². The molecule has 0 spiro atoms. The number of anilines is 2. The molecule has 1 aliphatic heterocycles. The number of thiazole rings is 1. The fourth-order valence-corrected chi connectivity index (χ4v) is 7.07. The molecule has 3 heterocycles. The zero-order valence-electron chi connectivity index (χ0n) is 21.2. The number of rotatable bonds is 8. The lowest BCUT2D eigenvalue weighted by Crippen LogP contribution is -2.44. The van der Waals surface area contributed by atoms with E-state index in [9.17, 15) is 9.18 Å². The summed E-state index contributed by atoms with van der Waals surface area (Å²) in [5, 5.41) is 6.25. The number of aryl methyl sites for hydroxylation is 2. The van der Waals surface area contributed by atoms with Crippen LogP contribution in [0, 0.1) is 13.8 Å². The van der Waals surface area contributed by atoms with Gasteiger partial charge in [0.25, 0.3) is 0 Å². The van der Waals surface area contributed by atoms with Crippen molar-refractivity contribution in [2.45, 2.75) is 48.6 Å². The quantitative estimate of drug-likeness (QED) is 0.398. The first-order valence-electron chi connectivity index (χ1n) is 12.4. The van der Waals surface area contributed by atoms with Crippen molar-refractivity contribution < 1.29 is 13.9 Å². The van der Waals surface area contributed by atoms with E-state index in [0.29, 0.717) is 24.7 Å². The maximum absolute atomic E-state index is 12.3. The molecule has 2 fully saturated rings. The Bertz CT molecular complexity index is 1260. The summed E-state index contributed by atoms with van der Waals surface area (Å²) >= 11 is 3.62. The molecule has 11 heteroatoms. The van der Waals surface area contributed by atoms with Crippen molar-refractivity contribution in [1.29, 1.82) is 0 Å². The Morgan fingerprint density at radius 1 is 1.24 bits per heavy atom. The Morgan fingerprint density at radius 3 is 2.68 bits per heavy atom. The minimum Gasteiger partial charge on any atom is -0.377 e. The number of aromatic nitrogens is 3. The van der Waals surface area contributed by atoms with Gasteiger partial charge in [0.1, 0.15) is 12.5 Å².